The molecule has 1 aliphatic heterocycles. The van der Waals surface area contributed by atoms with Crippen LogP contribution in [0.2, 0.25) is 0 Å². The topological polar surface area (TPSA) is 91.3 Å². The highest BCUT2D eigenvalue weighted by Gasteiger charge is 2.20. The first-order chi connectivity index (χ1) is 15.0. The molecule has 0 saturated carbocycles. The number of nitrogens with zero attached hydrogens (tertiary/aromatic N) is 3. The number of H-pyrrole nitrogens is 1. The Kier molecular flexibility index (Phi) is 6.39. The van der Waals surface area contributed by atoms with E-state index < -0.39 is 11.9 Å². The van der Waals surface area contributed by atoms with Gasteiger partial charge in [-0.2, -0.15) is 0 Å². The van der Waals surface area contributed by atoms with Crippen LogP contribution < -0.4 is 10.3 Å². The third kappa shape index (κ3) is 5.34. The van der Waals surface area contributed by atoms with Crippen LogP contribution in [0.1, 0.15) is 17.1 Å². The summed E-state index contributed by atoms with van der Waals surface area (Å²) in [5, 5.41) is 10.5. The third-order valence-corrected chi connectivity index (χ3v) is 5.36. The number of fused-ring (bicyclic) bond motifs is 1. The Morgan fingerprint density at radius 3 is 2.77 bits per heavy atom. The van der Waals surface area contributed by atoms with E-state index in [1.54, 1.807) is 37.5 Å². The van der Waals surface area contributed by atoms with Crippen molar-refractivity contribution in [2.75, 3.05) is 26.2 Å². The van der Waals surface area contributed by atoms with Gasteiger partial charge in [-0.15, -0.1) is 0 Å². The van der Waals surface area contributed by atoms with Crippen LogP contribution in [0.4, 0.5) is 4.39 Å². The summed E-state index contributed by atoms with van der Waals surface area (Å²) in [4.78, 5) is 25.4. The average Bonchev–Trinajstić information content (AvgIpc) is 2.95. The molecule has 3 aromatic rings. The molecule has 1 unspecified atom stereocenters. The normalized spacial score (nSPS) is 15.2. The lowest BCUT2D eigenvalue weighted by Crippen LogP contribution is -2.37. The Hall–Kier alpha value is -3.10. The first kappa shape index (κ1) is 21.1. The van der Waals surface area contributed by atoms with E-state index in [9.17, 15) is 14.3 Å². The third-order valence-electron chi connectivity index (χ3n) is 5.36. The number of β-amino-alcohol motifs (C(OH)–C–C–N with tert-alkyl or cyclic N) is 1. The lowest BCUT2D eigenvalue weighted by atomic mass is 10.1. The van der Waals surface area contributed by atoms with Gasteiger partial charge in [-0.3, -0.25) is 14.7 Å². The zero-order valence-electron chi connectivity index (χ0n) is 17.3. The summed E-state index contributed by atoms with van der Waals surface area (Å²) in [7, 11) is 0. The van der Waals surface area contributed by atoms with Crippen LogP contribution in [0.5, 0.6) is 5.75 Å². The van der Waals surface area contributed by atoms with Crippen LogP contribution in [0.3, 0.4) is 0 Å². The van der Waals surface area contributed by atoms with Crippen molar-refractivity contribution in [2.45, 2.75) is 25.9 Å². The first-order valence-corrected chi connectivity index (χ1v) is 10.3. The standard InChI is InChI=1S/C23H25FN4O3/c1-15-26-22-5-9-28(8-4-21(22)23(30)27-15)13-19(29)14-31-20-11-17(10-18(24)12-20)16-2-6-25-7-3-16/h2-3,6-7,10-12,19,29H,4-5,8-9,13-14H2,1H3,(H,26,27,30). The van der Waals surface area contributed by atoms with E-state index in [0.717, 1.165) is 16.8 Å². The minimum atomic E-state index is -0.748. The van der Waals surface area contributed by atoms with Gasteiger partial charge in [0, 0.05) is 50.1 Å². The summed E-state index contributed by atoms with van der Waals surface area (Å²) in [5.41, 5.74) is 3.00. The highest BCUT2D eigenvalue weighted by molar-refractivity contribution is 5.64. The Labute approximate surface area is 179 Å². The van der Waals surface area contributed by atoms with Crippen LogP contribution >= 0.6 is 0 Å². The van der Waals surface area contributed by atoms with E-state index in [4.69, 9.17) is 4.74 Å². The van der Waals surface area contributed by atoms with Gasteiger partial charge in [0.05, 0.1) is 5.69 Å². The van der Waals surface area contributed by atoms with E-state index in [-0.39, 0.29) is 12.2 Å². The number of aromatic nitrogens is 3. The zero-order valence-corrected chi connectivity index (χ0v) is 17.3. The molecule has 31 heavy (non-hydrogen) atoms. The average molecular weight is 424 g/mol. The van der Waals surface area contributed by atoms with Crippen molar-refractivity contribution in [3.8, 4) is 16.9 Å². The van der Waals surface area contributed by atoms with Crippen LogP contribution in [0, 0.1) is 12.7 Å². The number of rotatable bonds is 6. The predicted octanol–water partition coefficient (Wildman–Crippen LogP) is 2.12. The lowest BCUT2D eigenvalue weighted by molar-refractivity contribution is 0.0695. The number of ether oxygens (including phenoxy) is 1. The molecule has 0 amide bonds. The van der Waals surface area contributed by atoms with Gasteiger partial charge in [0.1, 0.15) is 30.1 Å². The second-order valence-corrected chi connectivity index (χ2v) is 7.75. The molecule has 162 valence electrons. The largest absolute Gasteiger partial charge is 0.491 e. The maximum absolute atomic E-state index is 14.0. The summed E-state index contributed by atoms with van der Waals surface area (Å²) in [6.45, 7) is 3.58. The van der Waals surface area contributed by atoms with Gasteiger partial charge in [0.2, 0.25) is 0 Å². The number of pyridine rings is 1. The Morgan fingerprint density at radius 2 is 1.97 bits per heavy atom. The molecule has 0 bridgehead atoms. The van der Waals surface area contributed by atoms with Gasteiger partial charge in [0.15, 0.2) is 0 Å². The number of hydrogen-bond donors (Lipinski definition) is 2. The maximum atomic E-state index is 14.0. The summed E-state index contributed by atoms with van der Waals surface area (Å²) in [6.07, 6.45) is 3.79. The van der Waals surface area contributed by atoms with Crippen molar-refractivity contribution in [3.63, 3.8) is 0 Å². The summed E-state index contributed by atoms with van der Waals surface area (Å²) >= 11 is 0. The van der Waals surface area contributed by atoms with Crippen LogP contribution in [0.25, 0.3) is 11.1 Å². The monoisotopic (exact) mass is 424 g/mol. The van der Waals surface area contributed by atoms with E-state index in [1.165, 1.54) is 12.1 Å². The number of nitrogens with one attached hydrogen (secondary N) is 1. The molecule has 2 aromatic heterocycles. The molecule has 0 spiro atoms. The van der Waals surface area contributed by atoms with Gasteiger partial charge in [-0.1, -0.05) is 0 Å². The number of aryl methyl sites for hydroxylation is 1. The molecule has 4 rings (SSSR count). The minimum Gasteiger partial charge on any atom is -0.491 e. The van der Waals surface area contributed by atoms with E-state index in [2.05, 4.69) is 19.9 Å². The van der Waals surface area contributed by atoms with Crippen molar-refractivity contribution in [1.29, 1.82) is 0 Å². The number of aliphatic hydroxyl groups is 1. The molecule has 2 N–H and O–H groups in total. The molecule has 8 heteroatoms. The zero-order chi connectivity index (χ0) is 21.8. The quantitative estimate of drug-likeness (QED) is 0.630. The Morgan fingerprint density at radius 1 is 1.19 bits per heavy atom. The van der Waals surface area contributed by atoms with Crippen molar-refractivity contribution in [3.05, 3.63) is 76.0 Å². The number of aliphatic hydroxyl groups excluding tert-OH is 1. The van der Waals surface area contributed by atoms with Gasteiger partial charge >= 0.3 is 0 Å². The Bertz CT molecular complexity index is 1100. The highest BCUT2D eigenvalue weighted by Crippen LogP contribution is 2.25. The van der Waals surface area contributed by atoms with Crippen molar-refractivity contribution < 1.29 is 14.2 Å². The molecule has 0 fully saturated rings. The number of benzene rings is 1. The summed E-state index contributed by atoms with van der Waals surface area (Å²) < 4.78 is 19.7. The number of halogens is 1. The second kappa shape index (κ2) is 9.36. The minimum absolute atomic E-state index is 0.0423. The van der Waals surface area contributed by atoms with Gasteiger partial charge < -0.3 is 14.8 Å². The highest BCUT2D eigenvalue weighted by atomic mass is 19.1. The fourth-order valence-corrected chi connectivity index (χ4v) is 3.86. The molecule has 0 saturated heterocycles. The fourth-order valence-electron chi connectivity index (χ4n) is 3.86. The number of aromatic amines is 1. The molecule has 3 heterocycles. The van der Waals surface area contributed by atoms with Crippen LogP contribution in [0.15, 0.2) is 47.5 Å². The molecule has 1 aliphatic rings. The maximum Gasteiger partial charge on any atom is 0.254 e. The molecule has 1 aromatic carbocycles. The number of hydrogen-bond acceptors (Lipinski definition) is 6. The van der Waals surface area contributed by atoms with Crippen molar-refractivity contribution >= 4 is 0 Å². The fraction of sp³-hybridized carbons (Fsp3) is 0.348. The molecule has 0 aliphatic carbocycles. The smallest absolute Gasteiger partial charge is 0.254 e. The Balaban J connectivity index is 1.35. The van der Waals surface area contributed by atoms with E-state index in [0.29, 0.717) is 49.6 Å². The van der Waals surface area contributed by atoms with E-state index in [1.807, 2.05) is 0 Å². The van der Waals surface area contributed by atoms with Crippen molar-refractivity contribution in [2.24, 2.45) is 0 Å². The molecule has 7 nitrogen and oxygen atoms in total. The van der Waals surface area contributed by atoms with Crippen LogP contribution in [-0.2, 0) is 12.8 Å². The molecular weight excluding hydrogens is 399 g/mol. The lowest BCUT2D eigenvalue weighted by Gasteiger charge is -2.23. The van der Waals surface area contributed by atoms with Gasteiger partial charge in [-0.25, -0.2) is 9.37 Å². The van der Waals surface area contributed by atoms with Gasteiger partial charge in [0.25, 0.3) is 5.56 Å². The van der Waals surface area contributed by atoms with Crippen LogP contribution in [-0.4, -0.2) is 57.3 Å². The summed E-state index contributed by atoms with van der Waals surface area (Å²) in [5.74, 6) is 0.573. The molecule has 1 atom stereocenters. The SMILES string of the molecule is Cc1nc2c(c(=O)[nH]1)CCN(CC(O)COc1cc(F)cc(-c3ccncc3)c1)CC2. The predicted molar refractivity (Wildman–Crippen MR) is 115 cm³/mol. The second-order valence-electron chi connectivity index (χ2n) is 7.75. The van der Waals surface area contributed by atoms with Gasteiger partial charge in [-0.05, 0) is 48.7 Å². The summed E-state index contributed by atoms with van der Waals surface area (Å²) in [6, 6.07) is 8.08. The first-order valence-electron chi connectivity index (χ1n) is 10.3. The van der Waals surface area contributed by atoms with Crippen molar-refractivity contribution in [1.82, 2.24) is 19.9 Å². The van der Waals surface area contributed by atoms with E-state index >= 15 is 0 Å². The molecule has 0 radical (unpaired) electrons. The molecular formula is C23H25FN4O3.